The predicted molar refractivity (Wildman–Crippen MR) is 97.0 cm³/mol. The summed E-state index contributed by atoms with van der Waals surface area (Å²) in [6, 6.07) is 6.13. The summed E-state index contributed by atoms with van der Waals surface area (Å²) < 4.78 is 0. The fraction of sp³-hybridized carbons (Fsp3) is 0.579. The van der Waals surface area contributed by atoms with Crippen LogP contribution < -0.4 is 10.6 Å². The monoisotopic (exact) mass is 331 g/mol. The summed E-state index contributed by atoms with van der Waals surface area (Å²) in [5.41, 5.74) is 3.23. The van der Waals surface area contributed by atoms with Gasteiger partial charge >= 0.3 is 0 Å². The maximum absolute atomic E-state index is 12.2. The summed E-state index contributed by atoms with van der Waals surface area (Å²) in [7, 11) is 0. The lowest BCUT2D eigenvalue weighted by molar-refractivity contribution is -0.127. The molecule has 0 saturated carbocycles. The van der Waals surface area contributed by atoms with E-state index in [1.165, 1.54) is 11.1 Å². The highest BCUT2D eigenvalue weighted by atomic mass is 16.2. The Morgan fingerprint density at radius 3 is 2.42 bits per heavy atom. The van der Waals surface area contributed by atoms with Crippen LogP contribution in [0.4, 0.5) is 5.69 Å². The normalized spacial score (nSPS) is 16.2. The van der Waals surface area contributed by atoms with Crippen LogP contribution in [0, 0.1) is 19.8 Å². The number of nitrogens with one attached hydrogen (secondary N) is 2. The highest BCUT2D eigenvalue weighted by molar-refractivity contribution is 5.92. The van der Waals surface area contributed by atoms with E-state index < -0.39 is 0 Å². The zero-order chi connectivity index (χ0) is 17.7. The first-order valence-corrected chi connectivity index (χ1v) is 8.75. The van der Waals surface area contributed by atoms with Gasteiger partial charge in [0.05, 0.1) is 6.54 Å². The van der Waals surface area contributed by atoms with E-state index in [-0.39, 0.29) is 23.8 Å². The number of amides is 2. The summed E-state index contributed by atoms with van der Waals surface area (Å²) in [5, 5.41) is 5.93. The van der Waals surface area contributed by atoms with E-state index >= 15 is 0 Å². The van der Waals surface area contributed by atoms with Crippen molar-refractivity contribution in [2.75, 3.05) is 25.0 Å². The molecule has 0 radical (unpaired) electrons. The van der Waals surface area contributed by atoms with Gasteiger partial charge in [0.15, 0.2) is 0 Å². The number of carbonyl (C=O) groups excluding carboxylic acids is 2. The number of carbonyl (C=O) groups is 2. The van der Waals surface area contributed by atoms with E-state index in [0.717, 1.165) is 31.6 Å². The molecule has 0 aromatic heterocycles. The van der Waals surface area contributed by atoms with Crippen molar-refractivity contribution in [1.82, 2.24) is 10.2 Å². The number of hydrogen-bond acceptors (Lipinski definition) is 3. The maximum Gasteiger partial charge on any atom is 0.238 e. The van der Waals surface area contributed by atoms with Crippen molar-refractivity contribution >= 4 is 17.5 Å². The number of anilines is 1. The Kier molecular flexibility index (Phi) is 6.37. The minimum absolute atomic E-state index is 0.00309. The number of nitrogens with zero attached hydrogens (tertiary/aromatic N) is 1. The topological polar surface area (TPSA) is 61.4 Å². The van der Waals surface area contributed by atoms with Gasteiger partial charge in [0.1, 0.15) is 0 Å². The predicted octanol–water partition coefficient (Wildman–Crippen LogP) is 2.48. The number of aryl methyl sites for hydroxylation is 2. The SMILES string of the molecule is Cc1ccc(NC(=O)CN2CCC(C(=O)NC(C)C)CC2)cc1C. The average Bonchev–Trinajstić information content (AvgIpc) is 2.51. The molecule has 2 rings (SSSR count). The van der Waals surface area contributed by atoms with Crippen molar-refractivity contribution in [2.45, 2.75) is 46.6 Å². The van der Waals surface area contributed by atoms with Crippen molar-refractivity contribution in [2.24, 2.45) is 5.92 Å². The molecule has 1 saturated heterocycles. The second kappa shape index (κ2) is 8.29. The molecule has 132 valence electrons. The van der Waals surface area contributed by atoms with Crippen LogP contribution in [0.2, 0.25) is 0 Å². The summed E-state index contributed by atoms with van der Waals surface area (Å²) in [6.07, 6.45) is 1.63. The Balaban J connectivity index is 1.77. The second-order valence-electron chi connectivity index (χ2n) is 7.06. The Morgan fingerprint density at radius 1 is 1.17 bits per heavy atom. The summed E-state index contributed by atoms with van der Waals surface area (Å²) in [5.74, 6) is 0.221. The number of benzene rings is 1. The maximum atomic E-state index is 12.2. The molecule has 0 unspecified atom stereocenters. The molecule has 2 amide bonds. The van der Waals surface area contributed by atoms with Gasteiger partial charge in [-0.25, -0.2) is 0 Å². The standard InChI is InChI=1S/C19H29N3O2/c1-13(2)20-19(24)16-7-9-22(10-8-16)12-18(23)21-17-6-5-14(3)15(4)11-17/h5-6,11,13,16H,7-10,12H2,1-4H3,(H,20,24)(H,21,23). The number of rotatable bonds is 5. The molecule has 5 heteroatoms. The average molecular weight is 331 g/mol. The van der Waals surface area contributed by atoms with Crippen LogP contribution in [0.15, 0.2) is 18.2 Å². The first-order valence-electron chi connectivity index (χ1n) is 8.75. The van der Waals surface area contributed by atoms with Crippen LogP contribution in [0.1, 0.15) is 37.8 Å². The van der Waals surface area contributed by atoms with E-state index in [9.17, 15) is 9.59 Å². The minimum Gasteiger partial charge on any atom is -0.354 e. The van der Waals surface area contributed by atoms with Crippen LogP contribution in [0.5, 0.6) is 0 Å². The Hall–Kier alpha value is -1.88. The van der Waals surface area contributed by atoms with Crippen molar-refractivity contribution < 1.29 is 9.59 Å². The highest BCUT2D eigenvalue weighted by Crippen LogP contribution is 2.18. The molecule has 1 fully saturated rings. The summed E-state index contributed by atoms with van der Waals surface area (Å²) in [6.45, 7) is 10.0. The number of piperidine rings is 1. The van der Waals surface area contributed by atoms with E-state index in [1.807, 2.05) is 39.0 Å². The van der Waals surface area contributed by atoms with Gasteiger partial charge in [-0.05, 0) is 76.9 Å². The van der Waals surface area contributed by atoms with Gasteiger partial charge in [-0.15, -0.1) is 0 Å². The first-order chi connectivity index (χ1) is 11.3. The lowest BCUT2D eigenvalue weighted by Crippen LogP contribution is -2.44. The van der Waals surface area contributed by atoms with Gasteiger partial charge in [0, 0.05) is 17.6 Å². The Bertz CT molecular complexity index is 590. The Morgan fingerprint density at radius 2 is 1.83 bits per heavy atom. The fourth-order valence-electron chi connectivity index (χ4n) is 2.98. The molecule has 1 heterocycles. The van der Waals surface area contributed by atoms with Crippen LogP contribution in [0.3, 0.4) is 0 Å². The molecular weight excluding hydrogens is 302 g/mol. The third kappa shape index (κ3) is 5.34. The molecule has 0 spiro atoms. The molecule has 0 aliphatic carbocycles. The van der Waals surface area contributed by atoms with Gasteiger partial charge in [0.25, 0.3) is 0 Å². The molecule has 2 N–H and O–H groups in total. The van der Waals surface area contributed by atoms with Crippen molar-refractivity contribution in [3.8, 4) is 0 Å². The van der Waals surface area contributed by atoms with E-state index in [2.05, 4.69) is 22.5 Å². The minimum atomic E-state index is 0.00309. The van der Waals surface area contributed by atoms with Gasteiger partial charge < -0.3 is 10.6 Å². The van der Waals surface area contributed by atoms with Crippen molar-refractivity contribution in [1.29, 1.82) is 0 Å². The zero-order valence-corrected chi connectivity index (χ0v) is 15.2. The van der Waals surface area contributed by atoms with Crippen LogP contribution in [-0.4, -0.2) is 42.4 Å². The number of hydrogen-bond donors (Lipinski definition) is 2. The fourth-order valence-corrected chi connectivity index (χ4v) is 2.98. The molecule has 5 nitrogen and oxygen atoms in total. The molecule has 0 bridgehead atoms. The molecule has 1 aliphatic rings. The quantitative estimate of drug-likeness (QED) is 0.871. The second-order valence-corrected chi connectivity index (χ2v) is 7.06. The zero-order valence-electron chi connectivity index (χ0n) is 15.2. The molecule has 1 aliphatic heterocycles. The van der Waals surface area contributed by atoms with Gasteiger partial charge in [-0.3, -0.25) is 14.5 Å². The van der Waals surface area contributed by atoms with Gasteiger partial charge in [-0.2, -0.15) is 0 Å². The van der Waals surface area contributed by atoms with E-state index in [4.69, 9.17) is 0 Å². The van der Waals surface area contributed by atoms with Crippen molar-refractivity contribution in [3.63, 3.8) is 0 Å². The third-order valence-corrected chi connectivity index (χ3v) is 4.55. The lowest BCUT2D eigenvalue weighted by atomic mass is 9.95. The highest BCUT2D eigenvalue weighted by Gasteiger charge is 2.26. The summed E-state index contributed by atoms with van der Waals surface area (Å²) >= 11 is 0. The molecular formula is C19H29N3O2. The van der Waals surface area contributed by atoms with Gasteiger partial charge in [0.2, 0.25) is 11.8 Å². The van der Waals surface area contributed by atoms with Crippen LogP contribution >= 0.6 is 0 Å². The third-order valence-electron chi connectivity index (χ3n) is 4.55. The molecule has 1 aromatic carbocycles. The largest absolute Gasteiger partial charge is 0.354 e. The molecule has 24 heavy (non-hydrogen) atoms. The van der Waals surface area contributed by atoms with Crippen LogP contribution in [0.25, 0.3) is 0 Å². The molecule has 0 atom stereocenters. The Labute approximate surface area is 144 Å². The van der Waals surface area contributed by atoms with Gasteiger partial charge in [-0.1, -0.05) is 6.07 Å². The van der Waals surface area contributed by atoms with E-state index in [1.54, 1.807) is 0 Å². The first kappa shape index (κ1) is 18.5. The van der Waals surface area contributed by atoms with Crippen molar-refractivity contribution in [3.05, 3.63) is 29.3 Å². The number of likely N-dealkylation sites (tertiary alicyclic amines) is 1. The van der Waals surface area contributed by atoms with E-state index in [0.29, 0.717) is 6.54 Å². The summed E-state index contributed by atoms with van der Waals surface area (Å²) in [4.78, 5) is 26.4. The smallest absolute Gasteiger partial charge is 0.238 e. The van der Waals surface area contributed by atoms with Crippen LogP contribution in [-0.2, 0) is 9.59 Å². The lowest BCUT2D eigenvalue weighted by Gasteiger charge is -2.31. The molecule has 1 aromatic rings.